The van der Waals surface area contributed by atoms with E-state index in [0.29, 0.717) is 42.0 Å². The van der Waals surface area contributed by atoms with Crippen molar-refractivity contribution in [1.29, 1.82) is 0 Å². The van der Waals surface area contributed by atoms with Crippen LogP contribution in [0.15, 0.2) is 120 Å². The molecule has 10 heterocycles. The van der Waals surface area contributed by atoms with E-state index < -0.39 is 152 Å². The summed E-state index contributed by atoms with van der Waals surface area (Å²) in [7, 11) is 1.46. The number of carbonyl (C=O) groups excluding carboxylic acids is 12. The number of likely N-dealkylation sites (N-methyl/N-ethyl adjacent to an activating group) is 1. The van der Waals surface area contributed by atoms with Crippen molar-refractivity contribution in [2.75, 3.05) is 103 Å². The van der Waals surface area contributed by atoms with Crippen LogP contribution in [-0.2, 0) is 80.1 Å². The number of nitrogens with one attached hydrogen (secondary N) is 4. The molecule has 0 spiro atoms. The van der Waals surface area contributed by atoms with E-state index in [-0.39, 0.29) is 124 Å². The third kappa shape index (κ3) is 23.8. The van der Waals surface area contributed by atoms with Crippen LogP contribution in [0.3, 0.4) is 0 Å². The number of aliphatic hydroxyl groups is 1. The molecule has 4 aromatic rings. The monoisotopic (exact) mass is 1710 g/mol. The molecular weight excluding hydrogens is 1600 g/mol. The van der Waals surface area contributed by atoms with E-state index in [4.69, 9.17) is 13.9 Å². The van der Waals surface area contributed by atoms with Crippen molar-refractivity contribution >= 4 is 98.0 Å². The molecule has 7 saturated heterocycles. The average Bonchev–Trinajstić information content (AvgIpc) is 1.69. The predicted octanol–water partition coefficient (Wildman–Crippen LogP) is 4.59. The van der Waals surface area contributed by atoms with E-state index in [0.717, 1.165) is 54.9 Å². The third-order valence-corrected chi connectivity index (χ3v) is 27.5. The van der Waals surface area contributed by atoms with E-state index in [1.807, 2.05) is 75.9 Å². The van der Waals surface area contributed by atoms with Crippen LogP contribution in [-0.4, -0.2) is 292 Å². The maximum Gasteiger partial charge on any atom is 0.333 e. The van der Waals surface area contributed by atoms with Gasteiger partial charge in [0.05, 0.1) is 23.5 Å². The summed E-state index contributed by atoms with van der Waals surface area (Å²) in [6.07, 6.45) is 9.09. The molecule has 14 atom stereocenters. The van der Waals surface area contributed by atoms with Crippen molar-refractivity contribution < 1.29 is 90.1 Å². The van der Waals surface area contributed by atoms with Crippen LogP contribution in [0.2, 0.25) is 0 Å². The number of ketones is 2. The van der Waals surface area contributed by atoms with Crippen LogP contribution in [0.4, 0.5) is 5.69 Å². The maximum absolute atomic E-state index is 15.7. The number of anilines is 1. The molecule has 32 nitrogen and oxygen atoms in total. The Hall–Kier alpha value is -10.2. The van der Waals surface area contributed by atoms with E-state index in [9.17, 15) is 61.8 Å². The van der Waals surface area contributed by atoms with E-state index in [1.165, 1.54) is 59.2 Å². The SMILES string of the molecule is CCN(CC)CCS(=O)(=O)[C@@H]1CCN2C(=O)c3coc(n3)CC(=O)C[C@H](O)/C=C(C)/C=C/CNC(=O)/C=C/[C@@H](C)[C@@H](C(C)C)OC(=O)C12.CC[C@H]1NC(=O)[C@@H](NC(=O)c2ncccc2O)[C@@H](C)OC(=O)[C@H](c2ccccc2)NC(=O)C2CC(=O)C(CS[C@@H]3CN4CCC3CC4)CN2C(=O)[C@H](Cc2ccc(N(C)C)cc2)N(C)C(=O)[C@@H]2CCCN2C1=O. The highest BCUT2D eigenvalue weighted by atomic mass is 32.2. The molecule has 2 aromatic carbocycles. The average molecular weight is 1710 g/mol. The lowest BCUT2D eigenvalue weighted by Gasteiger charge is -2.45. The van der Waals surface area contributed by atoms with Crippen LogP contribution in [0.5, 0.6) is 5.75 Å². The molecule has 4 bridgehead atoms. The molecule has 8 aliphatic rings. The minimum atomic E-state index is -3.87. The highest BCUT2D eigenvalue weighted by molar-refractivity contribution is 8.00. The molecule has 656 valence electrons. The summed E-state index contributed by atoms with van der Waals surface area (Å²) in [5, 5.41) is 30.8. The Morgan fingerprint density at radius 3 is 2.17 bits per heavy atom. The minimum absolute atomic E-state index is 0.0243. The second-order valence-electron chi connectivity index (χ2n) is 32.8. The second-order valence-corrected chi connectivity index (χ2v) is 36.4. The van der Waals surface area contributed by atoms with Crippen molar-refractivity contribution in [3.63, 3.8) is 0 Å². The van der Waals surface area contributed by atoms with Crippen LogP contribution in [0, 0.1) is 23.7 Å². The van der Waals surface area contributed by atoms with E-state index >= 15 is 14.4 Å². The molecule has 8 aliphatic heterocycles. The highest BCUT2D eigenvalue weighted by Crippen LogP contribution is 2.38. The topological polar surface area (TPSA) is 408 Å². The number of fused-ring (bicyclic) bond motifs is 8. The van der Waals surface area contributed by atoms with Crippen LogP contribution in [0.1, 0.15) is 151 Å². The van der Waals surface area contributed by atoms with Crippen molar-refractivity contribution in [3.8, 4) is 5.75 Å². The van der Waals surface area contributed by atoms with Gasteiger partial charge >= 0.3 is 11.9 Å². The lowest BCUT2D eigenvalue weighted by atomic mass is 9.88. The predicted molar refractivity (Wildman–Crippen MR) is 452 cm³/mol. The number of hydrogen-bond acceptors (Lipinski definition) is 25. The number of thioether (sulfide) groups is 1. The number of Topliss-reactive ketones (excluding diaryl/α,β-unsaturated/α-hetero) is 2. The maximum atomic E-state index is 15.7. The molecule has 6 N–H and O–H groups in total. The number of aromatic hydroxyl groups is 1. The molecule has 8 amide bonds. The van der Waals surface area contributed by atoms with Crippen molar-refractivity contribution in [1.82, 2.24) is 60.6 Å². The summed E-state index contributed by atoms with van der Waals surface area (Å²) in [6.45, 7) is 19.0. The fraction of sp³-hybridized carbons (Fsp3) is 0.563. The zero-order valence-corrected chi connectivity index (χ0v) is 72.5. The molecule has 2 aromatic heterocycles. The fourth-order valence-corrected chi connectivity index (χ4v) is 20.3. The number of aromatic nitrogens is 2. The van der Waals surface area contributed by atoms with Gasteiger partial charge in [-0.3, -0.25) is 47.9 Å². The van der Waals surface area contributed by atoms with Gasteiger partial charge in [-0.1, -0.05) is 114 Å². The lowest BCUT2D eigenvalue weighted by molar-refractivity contribution is -0.158. The minimum Gasteiger partial charge on any atom is -0.505 e. The molecule has 3 unspecified atom stereocenters. The zero-order chi connectivity index (χ0) is 87.7. The van der Waals surface area contributed by atoms with Crippen LogP contribution < -0.4 is 26.2 Å². The van der Waals surface area contributed by atoms with Crippen molar-refractivity contribution in [2.45, 2.75) is 191 Å². The fourth-order valence-electron chi connectivity index (χ4n) is 16.8. The van der Waals surface area contributed by atoms with Gasteiger partial charge in [0.15, 0.2) is 27.3 Å². The Morgan fingerprint density at radius 2 is 1.50 bits per heavy atom. The molecule has 34 heteroatoms. The first-order chi connectivity index (χ1) is 57.7. The Morgan fingerprint density at radius 1 is 0.785 bits per heavy atom. The van der Waals surface area contributed by atoms with Crippen molar-refractivity contribution in [2.24, 2.45) is 23.7 Å². The second kappa shape index (κ2) is 42.6. The number of carbonyl (C=O) groups is 12. The van der Waals surface area contributed by atoms with E-state index in [1.54, 1.807) is 81.1 Å². The summed E-state index contributed by atoms with van der Waals surface area (Å²) < 4.78 is 44.9. The number of allylic oxidation sites excluding steroid dienone is 2. The summed E-state index contributed by atoms with van der Waals surface area (Å²) in [4.78, 5) is 190. The molecule has 0 radical (unpaired) electrons. The van der Waals surface area contributed by atoms with Gasteiger partial charge in [-0.15, -0.1) is 0 Å². The first-order valence-electron chi connectivity index (χ1n) is 41.9. The smallest absolute Gasteiger partial charge is 0.333 e. The van der Waals surface area contributed by atoms with Gasteiger partial charge in [0, 0.05) is 114 Å². The van der Waals surface area contributed by atoms with Gasteiger partial charge in [-0.2, -0.15) is 11.8 Å². The first kappa shape index (κ1) is 93.1. The molecule has 0 aliphatic carbocycles. The summed E-state index contributed by atoms with van der Waals surface area (Å²) >= 11 is 1.73. The number of amides is 8. The van der Waals surface area contributed by atoms with Gasteiger partial charge in [0.1, 0.15) is 72.0 Å². The summed E-state index contributed by atoms with van der Waals surface area (Å²) in [5.74, 6) is -9.05. The molecular formula is C87H117N13O19S2. The van der Waals surface area contributed by atoms with Gasteiger partial charge in [0.25, 0.3) is 11.8 Å². The van der Waals surface area contributed by atoms with Crippen LogP contribution in [0.25, 0.3) is 0 Å². The number of esters is 2. The van der Waals surface area contributed by atoms with Crippen LogP contribution >= 0.6 is 11.8 Å². The van der Waals surface area contributed by atoms with Gasteiger partial charge < -0.3 is 79.7 Å². The first-order valence-corrected chi connectivity index (χ1v) is 44.7. The Kier molecular flexibility index (Phi) is 32.8. The number of aliphatic hydroxyl groups excluding tert-OH is 1. The third-order valence-electron chi connectivity index (χ3n) is 23.8. The number of cyclic esters (lactones) is 2. The number of oxazole rings is 1. The molecule has 0 saturated carbocycles. The van der Waals surface area contributed by atoms with E-state index in [2.05, 4.69) is 36.1 Å². The molecule has 7 fully saturated rings. The number of piperidine rings is 4. The molecule has 121 heavy (non-hydrogen) atoms. The lowest BCUT2D eigenvalue weighted by Crippen LogP contribution is -2.63. The summed E-state index contributed by atoms with van der Waals surface area (Å²) in [5.41, 5.74) is 1.99. The van der Waals surface area contributed by atoms with Gasteiger partial charge in [-0.25, -0.2) is 28.0 Å². The number of rotatable bonds is 17. The standard InChI is InChI=1S/C53H67N9O10S.C34H50N4O9S/c1-6-37-50(68)61-23-11-14-38(61)51(69)59(5)40(26-32-16-18-36(19-17-32)58(3)4)52(70)62-28-35(30-73-43-29-60-24-20-33(43)21-25-60)42(64)27-39(62)47(65)57-45(34-12-8-7-9-13-34)53(71)72-31(2)44(48(66)55-37)56-49(67)46-41(63)15-10-22-54-46;1-7-37(8-2)16-17-48(44,45)28-13-15-38-31(28)34(43)47-32(22(3)4)24(6)11-12-29(41)35-14-9-10-23(5)18-25(39)19-26(40)20-30-36-27(21-46-30)33(38)42/h7-10,12-13,15-19,22,31,33,35,37-40,43-45,63H,6,11,14,20-21,23-30H2,1-5H3,(H,55,66)(H,56,67)(H,57,65);9-12,18,21-22,24-25,28,31-32,39H,7-8,13-17,19-20H2,1-6H3,(H,35,41)/b;10-9+,12-11+,23-18+/t31-,35?,37-,38+,39?,40+,43-,44+,45+;24-,25-,28-,31?,32-/m11/s1. The number of pyridine rings is 1. The van der Waals surface area contributed by atoms with Crippen molar-refractivity contribution in [3.05, 3.63) is 144 Å². The highest BCUT2D eigenvalue weighted by Gasteiger charge is 2.52. The summed E-state index contributed by atoms with van der Waals surface area (Å²) in [6, 6.07) is 8.81. The largest absolute Gasteiger partial charge is 0.505 e. The number of ether oxygens (including phenoxy) is 2. The molecule has 12 rings (SSSR count). The number of nitrogens with zero attached hydrogens (tertiary/aromatic N) is 9. The number of sulfone groups is 1. The Labute approximate surface area is 711 Å². The number of hydrogen-bond donors (Lipinski definition) is 6. The quantitative estimate of drug-likeness (QED) is 0.0787. The zero-order valence-electron chi connectivity index (χ0n) is 70.9. The number of benzene rings is 2. The Bertz CT molecular complexity index is 4590. The van der Waals surface area contributed by atoms with Gasteiger partial charge in [-0.05, 0) is 132 Å². The normalized spacial score (nSPS) is 28.9. The van der Waals surface area contributed by atoms with Gasteiger partial charge in [0.2, 0.25) is 41.3 Å². The Balaban J connectivity index is 0.000000278.